The van der Waals surface area contributed by atoms with Crippen LogP contribution in [0.2, 0.25) is 0 Å². The van der Waals surface area contributed by atoms with Gasteiger partial charge in [0.15, 0.2) is 0 Å². The summed E-state index contributed by atoms with van der Waals surface area (Å²) < 4.78 is 7.78. The van der Waals surface area contributed by atoms with E-state index in [0.717, 1.165) is 50.9 Å². The molecule has 0 bridgehead atoms. The number of amides is 1. The van der Waals surface area contributed by atoms with Crippen LogP contribution in [-0.4, -0.2) is 41.5 Å². The van der Waals surface area contributed by atoms with Gasteiger partial charge in [-0.1, -0.05) is 30.3 Å². The SMILES string of the molecule is O=C(NC(c1ccccc1)C1CCCO1)c1ccn(C2CCCNC2)n1. The molecule has 2 fully saturated rings. The highest BCUT2D eigenvalue weighted by Gasteiger charge is 2.29. The van der Waals surface area contributed by atoms with Gasteiger partial charge in [0, 0.05) is 19.3 Å². The average molecular weight is 354 g/mol. The van der Waals surface area contributed by atoms with Gasteiger partial charge in [-0.25, -0.2) is 0 Å². The van der Waals surface area contributed by atoms with E-state index in [-0.39, 0.29) is 18.1 Å². The number of aromatic nitrogens is 2. The molecule has 6 nitrogen and oxygen atoms in total. The molecule has 0 aliphatic carbocycles. The summed E-state index contributed by atoms with van der Waals surface area (Å²) in [5.41, 5.74) is 1.54. The number of hydrogen-bond acceptors (Lipinski definition) is 4. The molecule has 3 heterocycles. The van der Waals surface area contributed by atoms with Gasteiger partial charge < -0.3 is 15.4 Å². The van der Waals surface area contributed by atoms with Gasteiger partial charge in [-0.3, -0.25) is 9.48 Å². The van der Waals surface area contributed by atoms with E-state index in [1.54, 1.807) is 0 Å². The molecule has 6 heteroatoms. The zero-order chi connectivity index (χ0) is 17.8. The van der Waals surface area contributed by atoms with Gasteiger partial charge in [-0.15, -0.1) is 0 Å². The van der Waals surface area contributed by atoms with Gasteiger partial charge in [-0.2, -0.15) is 5.10 Å². The van der Waals surface area contributed by atoms with Crippen LogP contribution in [0.15, 0.2) is 42.6 Å². The predicted molar refractivity (Wildman–Crippen MR) is 99.0 cm³/mol. The first-order valence-electron chi connectivity index (χ1n) is 9.54. The Kier molecular flexibility index (Phi) is 5.32. The first-order valence-corrected chi connectivity index (χ1v) is 9.54. The Bertz CT molecular complexity index is 718. The Balaban J connectivity index is 1.48. The molecule has 1 amide bonds. The number of nitrogens with one attached hydrogen (secondary N) is 2. The Morgan fingerprint density at radius 3 is 2.85 bits per heavy atom. The maximum Gasteiger partial charge on any atom is 0.272 e. The molecule has 0 saturated carbocycles. The second-order valence-corrected chi connectivity index (χ2v) is 7.09. The summed E-state index contributed by atoms with van der Waals surface area (Å²) in [5.74, 6) is -0.142. The normalized spacial score (nSPS) is 24.3. The standard InChI is InChI=1S/C20H26N4O2/c25-20(17-10-12-24(23-17)16-8-4-11-21-14-16)22-19(18-9-5-13-26-18)15-6-2-1-3-7-15/h1-3,6-7,10,12,16,18-19,21H,4-5,8-9,11,13-14H2,(H,22,25). The van der Waals surface area contributed by atoms with Crippen LogP contribution in [0.5, 0.6) is 0 Å². The number of carbonyl (C=O) groups is 1. The first-order chi connectivity index (χ1) is 12.8. The van der Waals surface area contributed by atoms with Crippen LogP contribution in [0.3, 0.4) is 0 Å². The molecule has 2 aromatic rings. The molecule has 3 unspecified atom stereocenters. The van der Waals surface area contributed by atoms with E-state index in [9.17, 15) is 4.79 Å². The molecule has 2 saturated heterocycles. The first kappa shape index (κ1) is 17.2. The van der Waals surface area contributed by atoms with Gasteiger partial charge in [0.25, 0.3) is 5.91 Å². The summed E-state index contributed by atoms with van der Waals surface area (Å²) >= 11 is 0. The number of ether oxygens (including phenoxy) is 1. The molecular weight excluding hydrogens is 328 g/mol. The fraction of sp³-hybridized carbons (Fsp3) is 0.500. The van der Waals surface area contributed by atoms with Crippen molar-refractivity contribution in [3.8, 4) is 0 Å². The number of nitrogens with zero attached hydrogens (tertiary/aromatic N) is 2. The van der Waals surface area contributed by atoms with Crippen LogP contribution in [-0.2, 0) is 4.74 Å². The lowest BCUT2D eigenvalue weighted by Crippen LogP contribution is -2.36. The van der Waals surface area contributed by atoms with Crippen molar-refractivity contribution in [1.82, 2.24) is 20.4 Å². The van der Waals surface area contributed by atoms with Crippen molar-refractivity contribution in [1.29, 1.82) is 0 Å². The molecule has 138 valence electrons. The van der Waals surface area contributed by atoms with Gasteiger partial charge in [-0.05, 0) is 43.9 Å². The Morgan fingerprint density at radius 2 is 2.12 bits per heavy atom. The summed E-state index contributed by atoms with van der Waals surface area (Å²) in [6, 6.07) is 12.0. The minimum absolute atomic E-state index is 0.0194. The molecule has 26 heavy (non-hydrogen) atoms. The van der Waals surface area contributed by atoms with Crippen molar-refractivity contribution in [2.75, 3.05) is 19.7 Å². The zero-order valence-corrected chi connectivity index (χ0v) is 14.9. The van der Waals surface area contributed by atoms with Gasteiger partial charge in [0.2, 0.25) is 0 Å². The highest BCUT2D eigenvalue weighted by Crippen LogP contribution is 2.27. The van der Waals surface area contributed by atoms with Gasteiger partial charge in [0.1, 0.15) is 5.69 Å². The van der Waals surface area contributed by atoms with E-state index in [1.807, 2.05) is 47.3 Å². The number of hydrogen-bond donors (Lipinski definition) is 2. The van der Waals surface area contributed by atoms with Gasteiger partial charge >= 0.3 is 0 Å². The molecule has 3 atom stereocenters. The monoisotopic (exact) mass is 354 g/mol. The zero-order valence-electron chi connectivity index (χ0n) is 14.9. The topological polar surface area (TPSA) is 68.2 Å². The van der Waals surface area contributed by atoms with Crippen molar-refractivity contribution in [3.05, 3.63) is 53.9 Å². The predicted octanol–water partition coefficient (Wildman–Crippen LogP) is 2.46. The van der Waals surface area contributed by atoms with Crippen molar-refractivity contribution < 1.29 is 9.53 Å². The molecule has 2 N–H and O–H groups in total. The summed E-state index contributed by atoms with van der Waals surface area (Å²) in [5, 5.41) is 11.1. The maximum absolute atomic E-state index is 12.8. The summed E-state index contributed by atoms with van der Waals surface area (Å²) in [6.45, 7) is 2.73. The largest absolute Gasteiger partial charge is 0.376 e. The highest BCUT2D eigenvalue weighted by molar-refractivity contribution is 5.92. The van der Waals surface area contributed by atoms with Crippen molar-refractivity contribution >= 4 is 5.91 Å². The van der Waals surface area contributed by atoms with E-state index in [0.29, 0.717) is 11.7 Å². The van der Waals surface area contributed by atoms with E-state index >= 15 is 0 Å². The van der Waals surface area contributed by atoms with E-state index < -0.39 is 0 Å². The molecule has 0 radical (unpaired) electrons. The Hall–Kier alpha value is -2.18. The summed E-state index contributed by atoms with van der Waals surface area (Å²) in [7, 11) is 0. The molecule has 2 aliphatic rings. The van der Waals surface area contributed by atoms with Gasteiger partial charge in [0.05, 0.1) is 18.2 Å². The molecule has 2 aliphatic heterocycles. The lowest BCUT2D eigenvalue weighted by molar-refractivity contribution is 0.0669. The molecule has 0 spiro atoms. The number of benzene rings is 1. The third kappa shape index (κ3) is 3.81. The van der Waals surface area contributed by atoms with Crippen LogP contribution >= 0.6 is 0 Å². The van der Waals surface area contributed by atoms with Crippen LogP contribution < -0.4 is 10.6 Å². The molecular formula is C20H26N4O2. The molecule has 4 rings (SSSR count). The Labute approximate surface area is 153 Å². The van der Waals surface area contributed by atoms with E-state index in [2.05, 4.69) is 15.7 Å². The van der Waals surface area contributed by atoms with Crippen molar-refractivity contribution in [2.24, 2.45) is 0 Å². The number of rotatable bonds is 5. The van der Waals surface area contributed by atoms with Crippen molar-refractivity contribution in [2.45, 2.75) is 43.9 Å². The van der Waals surface area contributed by atoms with Crippen LogP contribution in [0.25, 0.3) is 0 Å². The third-order valence-corrected chi connectivity index (χ3v) is 5.27. The van der Waals surface area contributed by atoms with E-state index in [4.69, 9.17) is 4.74 Å². The fourth-order valence-electron chi connectivity index (χ4n) is 3.85. The average Bonchev–Trinajstić information content (AvgIpc) is 3.39. The maximum atomic E-state index is 12.8. The second-order valence-electron chi connectivity index (χ2n) is 7.09. The lowest BCUT2D eigenvalue weighted by Gasteiger charge is -2.24. The molecule has 1 aromatic heterocycles. The minimum atomic E-state index is -0.146. The fourth-order valence-corrected chi connectivity index (χ4v) is 3.85. The molecule has 1 aromatic carbocycles. The summed E-state index contributed by atoms with van der Waals surface area (Å²) in [6.07, 6.45) is 6.16. The quantitative estimate of drug-likeness (QED) is 0.865. The lowest BCUT2D eigenvalue weighted by atomic mass is 9.99. The minimum Gasteiger partial charge on any atom is -0.376 e. The number of carbonyl (C=O) groups excluding carboxylic acids is 1. The van der Waals surface area contributed by atoms with Crippen LogP contribution in [0, 0.1) is 0 Å². The summed E-state index contributed by atoms with van der Waals surface area (Å²) in [4.78, 5) is 12.8. The van der Waals surface area contributed by atoms with Crippen LogP contribution in [0.1, 0.15) is 53.8 Å². The number of piperidine rings is 1. The second kappa shape index (κ2) is 8.01. The smallest absolute Gasteiger partial charge is 0.272 e. The van der Waals surface area contributed by atoms with Crippen molar-refractivity contribution in [3.63, 3.8) is 0 Å². The third-order valence-electron chi connectivity index (χ3n) is 5.27. The van der Waals surface area contributed by atoms with Crippen LogP contribution in [0.4, 0.5) is 0 Å². The van der Waals surface area contributed by atoms with E-state index in [1.165, 1.54) is 0 Å². The Morgan fingerprint density at radius 1 is 1.23 bits per heavy atom. The highest BCUT2D eigenvalue weighted by atomic mass is 16.5.